The minimum Gasteiger partial charge on any atom is -0.490 e. The average Bonchev–Trinajstić information content (AvgIpc) is 2.64. The quantitative estimate of drug-likeness (QED) is 0.857. The van der Waals surface area contributed by atoms with Gasteiger partial charge >= 0.3 is 0 Å². The topological polar surface area (TPSA) is 85.2 Å². The molecule has 1 amide bonds. The molecular weight excluding hydrogens is 332 g/mol. The molecule has 1 aliphatic rings. The van der Waals surface area contributed by atoms with Crippen LogP contribution in [0.25, 0.3) is 0 Å². The van der Waals surface area contributed by atoms with Crippen LogP contribution in [0.5, 0.6) is 5.75 Å². The lowest BCUT2D eigenvalue weighted by Crippen LogP contribution is -2.37. The monoisotopic (exact) mass is 356 g/mol. The Morgan fingerprint density at radius 3 is 2.88 bits per heavy atom. The molecule has 0 radical (unpaired) electrons. The molecule has 0 aliphatic carbocycles. The van der Waals surface area contributed by atoms with Crippen molar-refractivity contribution in [2.24, 2.45) is 0 Å². The molecule has 2 N–H and O–H groups in total. The first-order chi connectivity index (χ1) is 12.6. The van der Waals surface area contributed by atoms with Crippen molar-refractivity contribution in [3.8, 4) is 5.75 Å². The van der Waals surface area contributed by atoms with Crippen molar-refractivity contribution in [3.63, 3.8) is 0 Å². The van der Waals surface area contributed by atoms with Gasteiger partial charge in [0, 0.05) is 18.4 Å². The van der Waals surface area contributed by atoms with Gasteiger partial charge in [0.15, 0.2) is 11.6 Å². The highest BCUT2D eigenvalue weighted by Crippen LogP contribution is 2.22. The summed E-state index contributed by atoms with van der Waals surface area (Å²) in [6, 6.07) is 5.40. The fourth-order valence-corrected chi connectivity index (χ4v) is 3.22. The van der Waals surface area contributed by atoms with Crippen LogP contribution in [0.3, 0.4) is 0 Å². The van der Waals surface area contributed by atoms with E-state index in [1.807, 2.05) is 13.0 Å². The van der Waals surface area contributed by atoms with E-state index in [1.54, 1.807) is 36.0 Å². The Labute approximate surface area is 152 Å². The van der Waals surface area contributed by atoms with Gasteiger partial charge in [-0.3, -0.25) is 9.59 Å². The maximum Gasteiger partial charge on any atom is 0.263 e. The van der Waals surface area contributed by atoms with E-state index in [2.05, 4.69) is 15.6 Å². The van der Waals surface area contributed by atoms with E-state index in [1.165, 1.54) is 0 Å². The zero-order valence-corrected chi connectivity index (χ0v) is 15.1. The van der Waals surface area contributed by atoms with Crippen LogP contribution in [0.15, 0.2) is 35.4 Å². The van der Waals surface area contributed by atoms with Crippen LogP contribution >= 0.6 is 0 Å². The summed E-state index contributed by atoms with van der Waals surface area (Å²) in [7, 11) is 0. The summed E-state index contributed by atoms with van der Waals surface area (Å²) in [5, 5.41) is 6.01. The van der Waals surface area contributed by atoms with Gasteiger partial charge in [0.25, 0.3) is 11.5 Å². The fraction of sp³-hybridized carbons (Fsp3) is 0.421. The van der Waals surface area contributed by atoms with Crippen LogP contribution in [0.2, 0.25) is 0 Å². The number of anilines is 1. The van der Waals surface area contributed by atoms with E-state index in [-0.39, 0.29) is 17.2 Å². The summed E-state index contributed by atoms with van der Waals surface area (Å²) in [5.74, 6) is 0.335. The first kappa shape index (κ1) is 18.1. The Morgan fingerprint density at radius 2 is 2.15 bits per heavy atom. The summed E-state index contributed by atoms with van der Waals surface area (Å²) in [6.45, 7) is 5.83. The number of hydrogen-bond acceptors (Lipinski definition) is 5. The van der Waals surface area contributed by atoms with Crippen molar-refractivity contribution < 1.29 is 9.53 Å². The Hall–Kier alpha value is -2.67. The molecule has 138 valence electrons. The van der Waals surface area contributed by atoms with E-state index in [9.17, 15) is 9.59 Å². The predicted molar refractivity (Wildman–Crippen MR) is 99.9 cm³/mol. The molecule has 7 heteroatoms. The average molecular weight is 356 g/mol. The maximum absolute atomic E-state index is 13.0. The molecule has 0 bridgehead atoms. The number of ether oxygens (including phenoxy) is 1. The Bertz CT molecular complexity index is 841. The zero-order valence-electron chi connectivity index (χ0n) is 15.1. The standard InChI is InChI=1S/C19H24N4O3/c1-3-26-15-5-4-9-21-17(15)22-18(24)16-13(2)8-12-23(19(16)25)14-6-10-20-11-7-14/h4-5,8-9,12,14,20H,3,6-7,10-11H2,1-2H3,(H,21,22,24). The molecule has 0 aromatic carbocycles. The summed E-state index contributed by atoms with van der Waals surface area (Å²) in [5.41, 5.74) is 0.536. The van der Waals surface area contributed by atoms with Gasteiger partial charge in [-0.2, -0.15) is 0 Å². The molecule has 1 aliphatic heterocycles. The molecule has 26 heavy (non-hydrogen) atoms. The third kappa shape index (κ3) is 3.77. The summed E-state index contributed by atoms with van der Waals surface area (Å²) in [6.07, 6.45) is 5.11. The number of hydrogen-bond donors (Lipinski definition) is 2. The van der Waals surface area contributed by atoms with Crippen LogP contribution < -0.4 is 20.9 Å². The summed E-state index contributed by atoms with van der Waals surface area (Å²) < 4.78 is 7.17. The van der Waals surface area contributed by atoms with Crippen LogP contribution in [0, 0.1) is 6.92 Å². The Balaban J connectivity index is 1.91. The SMILES string of the molecule is CCOc1cccnc1NC(=O)c1c(C)ccn(C2CCNCC2)c1=O. The highest BCUT2D eigenvalue weighted by Gasteiger charge is 2.22. The molecule has 3 heterocycles. The van der Waals surface area contributed by atoms with E-state index < -0.39 is 5.91 Å². The number of carbonyl (C=O) groups is 1. The van der Waals surface area contributed by atoms with Gasteiger partial charge in [0.2, 0.25) is 0 Å². The highest BCUT2D eigenvalue weighted by molar-refractivity contribution is 6.05. The van der Waals surface area contributed by atoms with E-state index in [0.717, 1.165) is 25.9 Å². The Morgan fingerprint density at radius 1 is 1.38 bits per heavy atom. The first-order valence-electron chi connectivity index (χ1n) is 8.93. The van der Waals surface area contributed by atoms with Crippen molar-refractivity contribution in [3.05, 3.63) is 52.1 Å². The number of carbonyl (C=O) groups excluding carboxylic acids is 1. The molecule has 7 nitrogen and oxygen atoms in total. The molecule has 0 unspecified atom stereocenters. The molecule has 1 saturated heterocycles. The summed E-state index contributed by atoms with van der Waals surface area (Å²) in [4.78, 5) is 29.9. The van der Waals surface area contributed by atoms with Gasteiger partial charge in [-0.1, -0.05) is 0 Å². The molecule has 0 atom stereocenters. The van der Waals surface area contributed by atoms with Gasteiger partial charge in [0.05, 0.1) is 6.61 Å². The highest BCUT2D eigenvalue weighted by atomic mass is 16.5. The second-order valence-corrected chi connectivity index (χ2v) is 6.30. The van der Waals surface area contributed by atoms with Crippen molar-refractivity contribution in [1.82, 2.24) is 14.9 Å². The van der Waals surface area contributed by atoms with Gasteiger partial charge in [-0.15, -0.1) is 0 Å². The second kappa shape index (κ2) is 8.14. The molecule has 1 fully saturated rings. The van der Waals surface area contributed by atoms with E-state index in [4.69, 9.17) is 4.74 Å². The zero-order chi connectivity index (χ0) is 18.5. The number of nitrogens with zero attached hydrogens (tertiary/aromatic N) is 2. The fourth-order valence-electron chi connectivity index (χ4n) is 3.22. The molecule has 2 aromatic rings. The number of amides is 1. The van der Waals surface area contributed by atoms with E-state index in [0.29, 0.717) is 23.7 Å². The van der Waals surface area contributed by atoms with Crippen molar-refractivity contribution in [2.45, 2.75) is 32.7 Å². The maximum atomic E-state index is 13.0. The van der Waals surface area contributed by atoms with Crippen molar-refractivity contribution in [2.75, 3.05) is 25.0 Å². The first-order valence-corrected chi connectivity index (χ1v) is 8.93. The second-order valence-electron chi connectivity index (χ2n) is 6.30. The van der Waals surface area contributed by atoms with Crippen LogP contribution in [-0.4, -0.2) is 35.2 Å². The van der Waals surface area contributed by atoms with Crippen molar-refractivity contribution >= 4 is 11.7 Å². The number of aryl methyl sites for hydroxylation is 1. The number of rotatable bonds is 5. The lowest BCUT2D eigenvalue weighted by molar-refractivity contribution is 0.102. The molecule has 3 rings (SSSR count). The number of nitrogens with one attached hydrogen (secondary N) is 2. The van der Waals surface area contributed by atoms with Gasteiger partial charge in [-0.05, 0) is 63.5 Å². The molecular formula is C19H24N4O3. The minimum atomic E-state index is -0.463. The third-order valence-electron chi connectivity index (χ3n) is 4.56. The normalized spacial score (nSPS) is 14.8. The summed E-state index contributed by atoms with van der Waals surface area (Å²) >= 11 is 0. The van der Waals surface area contributed by atoms with E-state index >= 15 is 0 Å². The lowest BCUT2D eigenvalue weighted by Gasteiger charge is -2.25. The van der Waals surface area contributed by atoms with Gasteiger partial charge < -0.3 is 19.9 Å². The van der Waals surface area contributed by atoms with Crippen molar-refractivity contribution in [1.29, 1.82) is 0 Å². The van der Waals surface area contributed by atoms with Crippen LogP contribution in [-0.2, 0) is 0 Å². The molecule has 0 saturated carbocycles. The third-order valence-corrected chi connectivity index (χ3v) is 4.56. The predicted octanol–water partition coefficient (Wildman–Crippen LogP) is 2.13. The van der Waals surface area contributed by atoms with Crippen LogP contribution in [0.1, 0.15) is 41.7 Å². The number of aromatic nitrogens is 2. The van der Waals surface area contributed by atoms with Gasteiger partial charge in [0.1, 0.15) is 5.56 Å². The lowest BCUT2D eigenvalue weighted by atomic mass is 10.0. The number of piperidine rings is 1. The van der Waals surface area contributed by atoms with Crippen LogP contribution in [0.4, 0.5) is 5.82 Å². The molecule has 2 aromatic heterocycles. The van der Waals surface area contributed by atoms with Gasteiger partial charge in [-0.25, -0.2) is 4.98 Å². The smallest absolute Gasteiger partial charge is 0.263 e. The Kier molecular flexibility index (Phi) is 5.68. The largest absolute Gasteiger partial charge is 0.490 e. The molecule has 0 spiro atoms. The number of pyridine rings is 2. The minimum absolute atomic E-state index is 0.115.